The number of ether oxygens (including phenoxy) is 2. The van der Waals surface area contributed by atoms with Crippen LogP contribution in [0.25, 0.3) is 0 Å². The Labute approximate surface area is 161 Å². The summed E-state index contributed by atoms with van der Waals surface area (Å²) in [5, 5.41) is 5.82. The first-order valence-corrected chi connectivity index (χ1v) is 9.73. The number of carbonyl (C=O) groups excluding carboxylic acids is 2. The number of anilines is 1. The molecule has 2 N–H and O–H groups in total. The number of benzene rings is 1. The minimum atomic E-state index is -0.183. The molecule has 7 nitrogen and oxygen atoms in total. The topological polar surface area (TPSA) is 81.6 Å². The number of hydrogen-bond acceptors (Lipinski definition) is 5. The van der Waals surface area contributed by atoms with Gasteiger partial charge in [-0.2, -0.15) is 0 Å². The Kier molecular flexibility index (Phi) is 5.47. The molecule has 0 aliphatic carbocycles. The summed E-state index contributed by atoms with van der Waals surface area (Å²) in [5.74, 6) is -0.0427. The van der Waals surface area contributed by atoms with Crippen molar-refractivity contribution in [3.8, 4) is 0 Å². The van der Waals surface area contributed by atoms with Gasteiger partial charge in [0.25, 0.3) is 11.8 Å². The van der Waals surface area contributed by atoms with Crippen molar-refractivity contribution >= 4 is 29.4 Å². The van der Waals surface area contributed by atoms with Crippen LogP contribution in [0, 0.1) is 5.92 Å². The number of nitrogens with one attached hydrogen (secondary N) is 2. The molecule has 2 amide bonds. The van der Waals surface area contributed by atoms with Crippen LogP contribution in [0.3, 0.4) is 0 Å². The smallest absolute Gasteiger partial charge is 0.273 e. The van der Waals surface area contributed by atoms with Crippen LogP contribution in [0.4, 0.5) is 5.69 Å². The van der Waals surface area contributed by atoms with E-state index >= 15 is 0 Å². The van der Waals surface area contributed by atoms with Crippen molar-refractivity contribution in [1.29, 1.82) is 0 Å². The number of aromatic nitrogens is 1. The molecule has 2 aliphatic rings. The van der Waals surface area contributed by atoms with E-state index < -0.39 is 0 Å². The van der Waals surface area contributed by atoms with Crippen molar-refractivity contribution in [2.45, 2.75) is 11.3 Å². The molecule has 0 unspecified atom stereocenters. The van der Waals surface area contributed by atoms with Crippen molar-refractivity contribution in [1.82, 2.24) is 9.29 Å². The number of carbonyl (C=O) groups is 2. The third-order valence-corrected chi connectivity index (χ3v) is 5.62. The van der Waals surface area contributed by atoms with Gasteiger partial charge in [0, 0.05) is 24.2 Å². The third kappa shape index (κ3) is 4.18. The molecule has 0 radical (unpaired) electrons. The molecule has 0 bridgehead atoms. The molecule has 4 rings (SSSR count). The Morgan fingerprint density at radius 1 is 1.26 bits per heavy atom. The first-order valence-electron chi connectivity index (χ1n) is 8.95. The summed E-state index contributed by atoms with van der Waals surface area (Å²) >= 11 is 1.45. The molecular weight excluding hydrogens is 366 g/mol. The van der Waals surface area contributed by atoms with Crippen LogP contribution in [0.1, 0.15) is 27.3 Å². The lowest BCUT2D eigenvalue weighted by molar-refractivity contribution is 0.0938. The summed E-state index contributed by atoms with van der Waals surface area (Å²) in [4.78, 5) is 25.7. The predicted octanol–water partition coefficient (Wildman–Crippen LogP) is 2.39. The Bertz CT molecular complexity index is 843. The zero-order valence-electron chi connectivity index (χ0n) is 14.8. The van der Waals surface area contributed by atoms with Crippen LogP contribution in [0.5, 0.6) is 0 Å². The fourth-order valence-electron chi connectivity index (χ4n) is 3.09. The normalized spacial score (nSPS) is 17.3. The zero-order chi connectivity index (χ0) is 18.6. The van der Waals surface area contributed by atoms with Crippen molar-refractivity contribution in [3.05, 3.63) is 47.8 Å². The summed E-state index contributed by atoms with van der Waals surface area (Å²) in [6, 6.07) is 8.96. The largest absolute Gasteiger partial charge is 0.379 e. The Morgan fingerprint density at radius 2 is 2.07 bits per heavy atom. The Balaban J connectivity index is 1.38. The van der Waals surface area contributed by atoms with Gasteiger partial charge in [0.1, 0.15) is 5.69 Å². The lowest BCUT2D eigenvalue weighted by atomic mass is 10.1. The van der Waals surface area contributed by atoms with E-state index in [0.29, 0.717) is 55.8 Å². The van der Waals surface area contributed by atoms with E-state index in [1.165, 1.54) is 11.9 Å². The van der Waals surface area contributed by atoms with Gasteiger partial charge in [-0.3, -0.25) is 13.6 Å². The highest BCUT2D eigenvalue weighted by atomic mass is 32.2. The van der Waals surface area contributed by atoms with Crippen LogP contribution >= 0.6 is 11.9 Å². The van der Waals surface area contributed by atoms with Crippen molar-refractivity contribution in [2.24, 2.45) is 5.92 Å². The standard InChI is InChI=1S/C19H21N3O4S/c23-18(20-6-5-13-11-25-8-9-26-12-13)14-3-4-17-15(10-14)21-19(24)16-2-1-7-22(16)27-17/h1-4,7,10,13H,5-6,8-9,11-12H2,(H,20,23)(H,21,24). The average molecular weight is 387 g/mol. The van der Waals surface area contributed by atoms with E-state index in [1.807, 2.05) is 22.3 Å². The van der Waals surface area contributed by atoms with E-state index in [4.69, 9.17) is 9.47 Å². The molecule has 0 atom stereocenters. The molecule has 1 aromatic heterocycles. The minimum absolute atomic E-state index is 0.156. The average Bonchev–Trinajstić information content (AvgIpc) is 2.90. The van der Waals surface area contributed by atoms with Gasteiger partial charge in [-0.1, -0.05) is 0 Å². The quantitative estimate of drug-likeness (QED) is 0.842. The number of nitrogens with zero attached hydrogens (tertiary/aromatic N) is 1. The maximum atomic E-state index is 12.5. The minimum Gasteiger partial charge on any atom is -0.379 e. The molecule has 1 aromatic carbocycles. The molecule has 8 heteroatoms. The monoisotopic (exact) mass is 387 g/mol. The summed E-state index contributed by atoms with van der Waals surface area (Å²) in [6.45, 7) is 3.15. The van der Waals surface area contributed by atoms with Crippen molar-refractivity contribution in [2.75, 3.05) is 38.3 Å². The van der Waals surface area contributed by atoms with Gasteiger partial charge in [-0.15, -0.1) is 0 Å². The molecule has 2 aliphatic heterocycles. The van der Waals surface area contributed by atoms with Crippen LogP contribution < -0.4 is 10.6 Å². The van der Waals surface area contributed by atoms with E-state index in [1.54, 1.807) is 18.2 Å². The molecule has 2 aromatic rings. The van der Waals surface area contributed by atoms with Gasteiger partial charge in [0.2, 0.25) is 0 Å². The molecule has 3 heterocycles. The van der Waals surface area contributed by atoms with E-state index in [2.05, 4.69) is 10.6 Å². The van der Waals surface area contributed by atoms with E-state index in [9.17, 15) is 9.59 Å². The molecule has 27 heavy (non-hydrogen) atoms. The van der Waals surface area contributed by atoms with Crippen LogP contribution in [0.15, 0.2) is 41.4 Å². The second-order valence-electron chi connectivity index (χ2n) is 6.54. The summed E-state index contributed by atoms with van der Waals surface area (Å²) < 4.78 is 12.8. The number of fused-ring (bicyclic) bond motifs is 2. The van der Waals surface area contributed by atoms with Gasteiger partial charge < -0.3 is 20.1 Å². The molecule has 1 saturated heterocycles. The van der Waals surface area contributed by atoms with Crippen LogP contribution in [0.2, 0.25) is 0 Å². The number of hydrogen-bond donors (Lipinski definition) is 2. The molecule has 0 saturated carbocycles. The summed E-state index contributed by atoms with van der Waals surface area (Å²) in [6.07, 6.45) is 2.65. The van der Waals surface area contributed by atoms with Gasteiger partial charge in [0.15, 0.2) is 0 Å². The SMILES string of the molecule is O=C(NCCC1COCCOC1)c1ccc2c(c1)NC(=O)c1cccn1S2. The Hall–Kier alpha value is -2.29. The second-order valence-corrected chi connectivity index (χ2v) is 7.55. The van der Waals surface area contributed by atoms with E-state index in [0.717, 1.165) is 11.3 Å². The van der Waals surface area contributed by atoms with Gasteiger partial charge >= 0.3 is 0 Å². The first kappa shape index (κ1) is 18.1. The lowest BCUT2D eigenvalue weighted by Gasteiger charge is -2.14. The van der Waals surface area contributed by atoms with Gasteiger partial charge in [-0.05, 0) is 48.7 Å². The van der Waals surface area contributed by atoms with Crippen molar-refractivity contribution < 1.29 is 19.1 Å². The zero-order valence-corrected chi connectivity index (χ0v) is 15.6. The summed E-state index contributed by atoms with van der Waals surface area (Å²) in [5.41, 5.74) is 1.75. The first-order chi connectivity index (χ1) is 13.2. The Morgan fingerprint density at radius 3 is 2.89 bits per heavy atom. The van der Waals surface area contributed by atoms with Crippen molar-refractivity contribution in [3.63, 3.8) is 0 Å². The van der Waals surface area contributed by atoms with E-state index in [-0.39, 0.29) is 11.8 Å². The van der Waals surface area contributed by atoms with Gasteiger partial charge in [-0.25, -0.2) is 0 Å². The number of amides is 2. The highest BCUT2D eigenvalue weighted by Crippen LogP contribution is 2.33. The molecular formula is C19H21N3O4S. The van der Waals surface area contributed by atoms with Crippen LogP contribution in [-0.2, 0) is 9.47 Å². The fourth-order valence-corrected chi connectivity index (χ4v) is 4.01. The fraction of sp³-hybridized carbons (Fsp3) is 0.368. The second kappa shape index (κ2) is 8.16. The highest BCUT2D eigenvalue weighted by Gasteiger charge is 2.21. The number of rotatable bonds is 4. The molecule has 0 spiro atoms. The van der Waals surface area contributed by atoms with Gasteiger partial charge in [0.05, 0.1) is 37.0 Å². The summed E-state index contributed by atoms with van der Waals surface area (Å²) in [7, 11) is 0. The van der Waals surface area contributed by atoms with Crippen LogP contribution in [-0.4, -0.2) is 48.8 Å². The highest BCUT2D eigenvalue weighted by molar-refractivity contribution is 7.98. The third-order valence-electron chi connectivity index (χ3n) is 4.55. The molecule has 1 fully saturated rings. The maximum Gasteiger partial charge on any atom is 0.273 e. The maximum absolute atomic E-state index is 12.5. The lowest BCUT2D eigenvalue weighted by Crippen LogP contribution is -2.27. The predicted molar refractivity (Wildman–Crippen MR) is 102 cm³/mol. The molecule has 142 valence electrons.